The maximum Gasteiger partial charge on any atom is 0.240 e. The highest BCUT2D eigenvalue weighted by molar-refractivity contribution is 8.00. The van der Waals surface area contributed by atoms with E-state index in [2.05, 4.69) is 0 Å². The summed E-state index contributed by atoms with van der Waals surface area (Å²) >= 11 is 1.52. The monoisotopic (exact) mass is 329 g/mol. The van der Waals surface area contributed by atoms with Crippen LogP contribution in [0.15, 0.2) is 53.4 Å². The van der Waals surface area contributed by atoms with Gasteiger partial charge in [-0.1, -0.05) is 30.3 Å². The fourth-order valence-corrected chi connectivity index (χ4v) is 3.56. The van der Waals surface area contributed by atoms with Crippen LogP contribution in [0.3, 0.4) is 0 Å². The Morgan fingerprint density at radius 3 is 2.43 bits per heavy atom. The van der Waals surface area contributed by atoms with Crippen molar-refractivity contribution in [3.63, 3.8) is 0 Å². The Morgan fingerprint density at radius 1 is 1.04 bits per heavy atom. The van der Waals surface area contributed by atoms with Crippen molar-refractivity contribution in [2.75, 3.05) is 27.3 Å². The molecule has 1 aliphatic heterocycles. The lowest BCUT2D eigenvalue weighted by atomic mass is 10.1. The molecule has 0 radical (unpaired) electrons. The summed E-state index contributed by atoms with van der Waals surface area (Å²) in [5, 5.41) is -0.284. The van der Waals surface area contributed by atoms with E-state index in [1.165, 1.54) is 11.8 Å². The smallest absolute Gasteiger partial charge is 0.240 e. The van der Waals surface area contributed by atoms with Gasteiger partial charge in [-0.15, -0.1) is 11.8 Å². The Bertz CT molecular complexity index is 688. The van der Waals surface area contributed by atoms with Gasteiger partial charge < -0.3 is 14.4 Å². The van der Waals surface area contributed by atoms with Gasteiger partial charge in [0.05, 0.1) is 0 Å². The highest BCUT2D eigenvalue weighted by atomic mass is 32.2. The first-order chi connectivity index (χ1) is 11.1. The number of carbonyl (C=O) groups excluding carboxylic acids is 1. The molecule has 1 aliphatic rings. The van der Waals surface area contributed by atoms with Gasteiger partial charge in [-0.25, -0.2) is 0 Å². The third-order valence-electron chi connectivity index (χ3n) is 3.53. The van der Waals surface area contributed by atoms with E-state index in [9.17, 15) is 4.79 Å². The Labute approximate surface area is 140 Å². The average molecular weight is 329 g/mol. The Balaban J connectivity index is 1.88. The molecule has 1 atom stereocenters. The van der Waals surface area contributed by atoms with Crippen LogP contribution in [0.2, 0.25) is 0 Å². The number of benzene rings is 2. The Morgan fingerprint density at radius 2 is 1.74 bits per heavy atom. The fourth-order valence-electron chi connectivity index (χ4n) is 2.36. The van der Waals surface area contributed by atoms with Gasteiger partial charge in [0.1, 0.15) is 18.5 Å². The minimum Gasteiger partial charge on any atom is -0.486 e. The molecule has 1 amide bonds. The lowest BCUT2D eigenvalue weighted by molar-refractivity contribution is -0.128. The molecule has 0 unspecified atom stereocenters. The molecule has 120 valence electrons. The predicted molar refractivity (Wildman–Crippen MR) is 91.2 cm³/mol. The summed E-state index contributed by atoms with van der Waals surface area (Å²) in [6.07, 6.45) is 0. The summed E-state index contributed by atoms with van der Waals surface area (Å²) in [7, 11) is 3.56. The van der Waals surface area contributed by atoms with E-state index in [4.69, 9.17) is 9.47 Å². The first-order valence-electron chi connectivity index (χ1n) is 7.47. The largest absolute Gasteiger partial charge is 0.486 e. The van der Waals surface area contributed by atoms with Crippen molar-refractivity contribution in [1.82, 2.24) is 4.90 Å². The number of amides is 1. The molecule has 0 aliphatic carbocycles. The van der Waals surface area contributed by atoms with Crippen molar-refractivity contribution < 1.29 is 14.3 Å². The van der Waals surface area contributed by atoms with E-state index in [-0.39, 0.29) is 11.2 Å². The number of rotatable bonds is 4. The topological polar surface area (TPSA) is 38.8 Å². The third-order valence-corrected chi connectivity index (χ3v) is 4.77. The van der Waals surface area contributed by atoms with Gasteiger partial charge in [-0.2, -0.15) is 0 Å². The highest BCUT2D eigenvalue weighted by Crippen LogP contribution is 2.40. The number of likely N-dealkylation sites (N-methyl/N-ethyl adjacent to an activating group) is 1. The molecule has 0 spiro atoms. The van der Waals surface area contributed by atoms with Crippen LogP contribution in [0.4, 0.5) is 0 Å². The maximum atomic E-state index is 12.6. The number of carbonyl (C=O) groups is 1. The molecule has 0 bridgehead atoms. The van der Waals surface area contributed by atoms with E-state index >= 15 is 0 Å². The lowest BCUT2D eigenvalue weighted by Crippen LogP contribution is -2.26. The van der Waals surface area contributed by atoms with E-state index in [1.807, 2.05) is 48.5 Å². The van der Waals surface area contributed by atoms with Crippen LogP contribution in [0, 0.1) is 0 Å². The van der Waals surface area contributed by atoms with E-state index in [0.29, 0.717) is 13.2 Å². The zero-order valence-electron chi connectivity index (χ0n) is 13.2. The number of thioether (sulfide) groups is 1. The van der Waals surface area contributed by atoms with Crippen LogP contribution < -0.4 is 9.47 Å². The normalized spacial score (nSPS) is 14.2. The first kappa shape index (κ1) is 15.7. The minimum atomic E-state index is -0.284. The van der Waals surface area contributed by atoms with Gasteiger partial charge in [0, 0.05) is 19.0 Å². The molecule has 23 heavy (non-hydrogen) atoms. The van der Waals surface area contributed by atoms with Crippen molar-refractivity contribution >= 4 is 17.7 Å². The SMILES string of the molecule is CN(C)C(=O)[C@H](Sc1ccc2c(c1)OCCO2)c1ccccc1. The van der Waals surface area contributed by atoms with Crippen LogP contribution >= 0.6 is 11.8 Å². The van der Waals surface area contributed by atoms with Crippen LogP contribution in [0.25, 0.3) is 0 Å². The minimum absolute atomic E-state index is 0.0658. The van der Waals surface area contributed by atoms with Gasteiger partial charge in [-0.3, -0.25) is 4.79 Å². The standard InChI is InChI=1S/C18H19NO3S/c1-19(2)18(20)17(13-6-4-3-5-7-13)23-14-8-9-15-16(12-14)22-11-10-21-15/h3-9,12,17H,10-11H2,1-2H3/t17-/m1/s1. The molecule has 5 heteroatoms. The van der Waals surface area contributed by atoms with Crippen LogP contribution in [0.1, 0.15) is 10.8 Å². The number of hydrogen-bond donors (Lipinski definition) is 0. The molecular weight excluding hydrogens is 310 g/mol. The molecule has 0 fully saturated rings. The van der Waals surface area contributed by atoms with Gasteiger partial charge >= 0.3 is 0 Å². The molecule has 4 nitrogen and oxygen atoms in total. The van der Waals surface area contributed by atoms with Gasteiger partial charge in [-0.05, 0) is 23.8 Å². The van der Waals surface area contributed by atoms with Crippen molar-refractivity contribution in [2.45, 2.75) is 10.1 Å². The molecular formula is C18H19NO3S. The molecule has 2 aromatic carbocycles. The molecule has 1 heterocycles. The predicted octanol–water partition coefficient (Wildman–Crippen LogP) is 3.38. The Kier molecular flexibility index (Phi) is 4.76. The molecule has 0 aromatic heterocycles. The second-order valence-corrected chi connectivity index (χ2v) is 6.63. The van der Waals surface area contributed by atoms with Crippen molar-refractivity contribution in [1.29, 1.82) is 0 Å². The van der Waals surface area contributed by atoms with Crippen molar-refractivity contribution in [3.8, 4) is 11.5 Å². The van der Waals surface area contributed by atoms with Crippen molar-refractivity contribution in [2.24, 2.45) is 0 Å². The number of ether oxygens (including phenoxy) is 2. The number of hydrogen-bond acceptors (Lipinski definition) is 4. The molecule has 0 saturated heterocycles. The molecule has 3 rings (SSSR count). The molecule has 0 saturated carbocycles. The third kappa shape index (κ3) is 3.62. The van der Waals surface area contributed by atoms with Crippen LogP contribution in [-0.2, 0) is 4.79 Å². The summed E-state index contributed by atoms with van der Waals surface area (Å²) in [6, 6.07) is 15.6. The molecule has 2 aromatic rings. The van der Waals surface area contributed by atoms with E-state index < -0.39 is 0 Å². The zero-order chi connectivity index (χ0) is 16.2. The van der Waals surface area contributed by atoms with Crippen molar-refractivity contribution in [3.05, 3.63) is 54.1 Å². The van der Waals surface area contributed by atoms with E-state index in [1.54, 1.807) is 19.0 Å². The summed E-state index contributed by atoms with van der Waals surface area (Å²) in [5.74, 6) is 1.57. The highest BCUT2D eigenvalue weighted by Gasteiger charge is 2.24. The number of nitrogens with zero attached hydrogens (tertiary/aromatic N) is 1. The summed E-state index contributed by atoms with van der Waals surface area (Å²) < 4.78 is 11.2. The molecule has 0 N–H and O–H groups in total. The quantitative estimate of drug-likeness (QED) is 0.806. The Hall–Kier alpha value is -2.14. The number of fused-ring (bicyclic) bond motifs is 1. The second-order valence-electron chi connectivity index (χ2n) is 5.45. The summed E-state index contributed by atoms with van der Waals surface area (Å²) in [4.78, 5) is 15.2. The lowest BCUT2D eigenvalue weighted by Gasteiger charge is -2.22. The average Bonchev–Trinajstić information content (AvgIpc) is 2.59. The first-order valence-corrected chi connectivity index (χ1v) is 8.35. The summed E-state index contributed by atoms with van der Waals surface area (Å²) in [6.45, 7) is 1.13. The van der Waals surface area contributed by atoms with Crippen LogP contribution in [-0.4, -0.2) is 38.1 Å². The second kappa shape index (κ2) is 6.96. The van der Waals surface area contributed by atoms with Gasteiger partial charge in [0.25, 0.3) is 0 Å². The van der Waals surface area contributed by atoms with Gasteiger partial charge in [0.15, 0.2) is 11.5 Å². The van der Waals surface area contributed by atoms with E-state index in [0.717, 1.165) is 22.0 Å². The van der Waals surface area contributed by atoms with Crippen LogP contribution in [0.5, 0.6) is 11.5 Å². The van der Waals surface area contributed by atoms with Gasteiger partial charge in [0.2, 0.25) is 5.91 Å². The fraction of sp³-hybridized carbons (Fsp3) is 0.278. The summed E-state index contributed by atoms with van der Waals surface area (Å²) in [5.41, 5.74) is 0.992. The maximum absolute atomic E-state index is 12.6. The zero-order valence-corrected chi connectivity index (χ0v) is 14.0.